The summed E-state index contributed by atoms with van der Waals surface area (Å²) >= 11 is 5.69. The number of fused-ring (bicyclic) bond motifs is 1. The number of halogens is 3. The zero-order valence-electron chi connectivity index (χ0n) is 23.1. The van der Waals surface area contributed by atoms with E-state index >= 15 is 0 Å². The molecular weight excluding hydrogens is 444 g/mol. The molecule has 10 heteroatoms. The quantitative estimate of drug-likeness (QED) is 0.659. The molecule has 1 fully saturated rings. The van der Waals surface area contributed by atoms with Crippen molar-refractivity contribution < 1.29 is 37.6 Å². The van der Waals surface area contributed by atoms with Crippen molar-refractivity contribution in [1.82, 2.24) is 15.5 Å². The number of alkyl halides is 2. The Morgan fingerprint density at radius 2 is 2.03 bits per heavy atom. The van der Waals surface area contributed by atoms with Crippen molar-refractivity contribution in [1.29, 1.82) is 0 Å². The van der Waals surface area contributed by atoms with Crippen LogP contribution in [0.15, 0.2) is 42.5 Å². The van der Waals surface area contributed by atoms with Crippen LogP contribution in [0.5, 0.6) is 0 Å². The Morgan fingerprint density at radius 3 is 2.75 bits per heavy atom. The largest absolute Gasteiger partial charge is 0.349 e. The van der Waals surface area contributed by atoms with E-state index in [-0.39, 0.29) is 27.0 Å². The third-order valence-electron chi connectivity index (χ3n) is 4.82. The van der Waals surface area contributed by atoms with Crippen LogP contribution in [-0.2, 0) is 33.4 Å². The fraction of sp³-hybridized carbons (Fsp3) is 0.273. The molecule has 7 nitrogen and oxygen atoms in total. The molecule has 32 heavy (non-hydrogen) atoms. The first-order valence-corrected chi connectivity index (χ1v) is 9.53. The van der Waals surface area contributed by atoms with Gasteiger partial charge in [-0.15, -0.1) is 0 Å². The molecule has 1 saturated heterocycles. The zero-order chi connectivity index (χ0) is 29.3. The Kier molecular flexibility index (Phi) is 3.81. The van der Waals surface area contributed by atoms with Gasteiger partial charge >= 0.3 is 5.92 Å². The van der Waals surface area contributed by atoms with Crippen molar-refractivity contribution in [3.63, 3.8) is 0 Å². The molecule has 0 unspecified atom stereocenters. The van der Waals surface area contributed by atoms with Crippen LogP contribution in [0.4, 0.5) is 8.78 Å². The lowest BCUT2D eigenvalue weighted by molar-refractivity contribution is -0.147. The van der Waals surface area contributed by atoms with Crippen molar-refractivity contribution in [3.05, 3.63) is 69.7 Å². The molecule has 0 aromatic heterocycles. The predicted molar refractivity (Wildman–Crippen MR) is 110 cm³/mol. The van der Waals surface area contributed by atoms with Gasteiger partial charge in [0.25, 0.3) is 11.8 Å². The number of piperidine rings is 1. The van der Waals surface area contributed by atoms with Gasteiger partial charge in [0.1, 0.15) is 6.02 Å². The minimum atomic E-state index is -4.06. The third kappa shape index (κ3) is 4.08. The lowest BCUT2D eigenvalue weighted by Gasteiger charge is -2.29. The fourth-order valence-corrected chi connectivity index (χ4v) is 3.35. The number of nitrogens with zero attached hydrogens (tertiary/aromatic N) is 1. The van der Waals surface area contributed by atoms with Gasteiger partial charge < -0.3 is 10.2 Å². The maximum Gasteiger partial charge on any atom is 0.349 e. The molecule has 166 valence electrons. The van der Waals surface area contributed by atoms with E-state index in [1.54, 1.807) is 0 Å². The number of amides is 4. The van der Waals surface area contributed by atoms with E-state index in [0.717, 1.165) is 30.3 Å². The molecule has 1 atom stereocenters. The zero-order valence-corrected chi connectivity index (χ0v) is 16.8. The molecule has 0 radical (unpaired) electrons. The highest BCUT2D eigenvalue weighted by Crippen LogP contribution is 2.30. The predicted octanol–water partition coefficient (Wildman–Crippen LogP) is 2.51. The molecular formula is C22H18ClF2N3O4. The van der Waals surface area contributed by atoms with Crippen LogP contribution in [0.25, 0.3) is 0 Å². The summed E-state index contributed by atoms with van der Waals surface area (Å²) in [5.74, 6) is -10.6. The number of hydrogen-bond donors (Lipinski definition) is 2. The van der Waals surface area contributed by atoms with E-state index in [2.05, 4.69) is 0 Å². The van der Waals surface area contributed by atoms with Gasteiger partial charge in [-0.05, 0) is 35.7 Å². The Hall–Kier alpha value is -3.33. The van der Waals surface area contributed by atoms with Gasteiger partial charge in [0, 0.05) is 41.1 Å². The lowest BCUT2D eigenvalue weighted by Crippen LogP contribution is -2.52. The van der Waals surface area contributed by atoms with Crippen LogP contribution < -0.4 is 10.6 Å². The van der Waals surface area contributed by atoms with Crippen molar-refractivity contribution >= 4 is 35.2 Å². The highest BCUT2D eigenvalue weighted by Gasteiger charge is 2.41. The molecule has 2 aliphatic rings. The minimum Gasteiger partial charge on any atom is -0.346 e. The van der Waals surface area contributed by atoms with Crippen molar-refractivity contribution in [3.8, 4) is 0 Å². The molecule has 2 N–H and O–H groups in total. The van der Waals surface area contributed by atoms with Crippen molar-refractivity contribution in [2.45, 2.75) is 37.8 Å². The number of rotatable bonds is 5. The number of benzene rings is 2. The van der Waals surface area contributed by atoms with Crippen LogP contribution in [0, 0.1) is 0 Å². The second-order valence-electron chi connectivity index (χ2n) is 6.91. The van der Waals surface area contributed by atoms with E-state index in [1.807, 2.05) is 0 Å². The average Bonchev–Trinajstić information content (AvgIpc) is 3.21. The number of nitrogens with one attached hydrogen (secondary N) is 2. The van der Waals surface area contributed by atoms with Crippen LogP contribution >= 0.6 is 11.6 Å². The molecule has 2 aromatic carbocycles. The van der Waals surface area contributed by atoms with Gasteiger partial charge in [0.2, 0.25) is 11.8 Å². The first kappa shape index (κ1) is 14.7. The van der Waals surface area contributed by atoms with Gasteiger partial charge in [-0.1, -0.05) is 35.9 Å². The Balaban J connectivity index is 1.60. The first-order chi connectivity index (χ1) is 17.9. The summed E-state index contributed by atoms with van der Waals surface area (Å²) < 4.78 is 85.2. The Labute approximate surface area is 196 Å². The molecule has 0 spiro atoms. The van der Waals surface area contributed by atoms with E-state index in [9.17, 15) is 28.0 Å². The molecule has 0 bridgehead atoms. The maximum atomic E-state index is 14.7. The summed E-state index contributed by atoms with van der Waals surface area (Å²) in [7, 11) is 0. The number of imide groups is 1. The second kappa shape index (κ2) is 8.31. The van der Waals surface area contributed by atoms with E-state index < -0.39 is 72.3 Å². The summed E-state index contributed by atoms with van der Waals surface area (Å²) in [6.45, 7) is -1.30. The molecule has 4 rings (SSSR count). The standard InChI is InChI=1S/C22H18ClF2N3O4/c23-15-4-2-14(3-5-15)22(24,25)21(32)26-10-12-1-6-16-13(9-12)11-28(20(16)31)17-7-8-18(29)27-19(17)30/h1-6,9,17H,7-8,10-11H2,(H,26,32)(H,27,29,30)/t17-/m1/s1/i7D2,8D2,17D/hD2. The van der Waals surface area contributed by atoms with Gasteiger partial charge in [-0.3, -0.25) is 24.5 Å². The van der Waals surface area contributed by atoms with Crippen molar-refractivity contribution in [2.24, 2.45) is 0 Å². The maximum absolute atomic E-state index is 14.7. The first-order valence-electron chi connectivity index (χ1n) is 12.5. The molecule has 2 aliphatic heterocycles. The van der Waals surface area contributed by atoms with Crippen LogP contribution in [0.1, 0.15) is 46.6 Å². The lowest BCUT2D eigenvalue weighted by atomic mass is 10.0. The van der Waals surface area contributed by atoms with Gasteiger partial charge in [0.05, 0.1) is 1.37 Å². The molecule has 4 amide bonds. The SMILES string of the molecule is [2H]N(Cc1ccc2c(c1)CN([C@@]1([2H])C(=O)N([2H])C(=O)C([2H])([2H])C1([2H])[2H])C2=O)C(=O)C(F)(F)c1ccc(Cl)cc1. The number of hydrogen-bond acceptors (Lipinski definition) is 4. The summed E-state index contributed by atoms with van der Waals surface area (Å²) in [6, 6.07) is 4.48. The van der Waals surface area contributed by atoms with E-state index in [4.69, 9.17) is 21.3 Å². The minimum absolute atomic E-state index is 0.0122. The van der Waals surface area contributed by atoms with Crippen LogP contribution in [0.2, 0.25) is 7.85 Å². The third-order valence-corrected chi connectivity index (χ3v) is 5.07. The van der Waals surface area contributed by atoms with Crippen molar-refractivity contribution in [2.75, 3.05) is 0 Å². The Morgan fingerprint density at radius 1 is 1.31 bits per heavy atom. The topological polar surface area (TPSA) is 95.6 Å². The Bertz CT molecular complexity index is 1410. The smallest absolute Gasteiger partial charge is 0.346 e. The summed E-state index contributed by atoms with van der Waals surface area (Å²) in [4.78, 5) is 50.6. The van der Waals surface area contributed by atoms with Crippen LogP contribution in [0.3, 0.4) is 0 Å². The van der Waals surface area contributed by atoms with E-state index in [1.165, 1.54) is 12.1 Å². The average molecular weight is 469 g/mol. The molecule has 2 heterocycles. The van der Waals surface area contributed by atoms with Gasteiger partial charge in [-0.2, -0.15) is 8.78 Å². The molecule has 0 saturated carbocycles. The molecule has 2 aromatic rings. The van der Waals surface area contributed by atoms with Gasteiger partial charge in [-0.25, -0.2) is 0 Å². The monoisotopic (exact) mass is 468 g/mol. The van der Waals surface area contributed by atoms with Gasteiger partial charge in [0.15, 0.2) is 2.82 Å². The second-order valence-corrected chi connectivity index (χ2v) is 7.34. The molecule has 0 aliphatic carbocycles. The normalized spacial score (nSPS) is 27.3. The summed E-state index contributed by atoms with van der Waals surface area (Å²) in [5.41, 5.74) is -0.661. The highest BCUT2D eigenvalue weighted by atomic mass is 35.5. The van der Waals surface area contributed by atoms with Crippen LogP contribution in [-0.4, -0.2) is 34.5 Å². The highest BCUT2D eigenvalue weighted by molar-refractivity contribution is 6.30. The number of carbonyl (C=O) groups excluding carboxylic acids is 4. The number of carbonyl (C=O) groups is 4. The summed E-state index contributed by atoms with van der Waals surface area (Å²) in [5, 5.41) is -0.305. The summed E-state index contributed by atoms with van der Waals surface area (Å²) in [6.07, 6.45) is -7.07. The fourth-order valence-electron chi connectivity index (χ4n) is 3.22. The van der Waals surface area contributed by atoms with E-state index in [0.29, 0.717) is 4.90 Å².